The molecule has 1 atom stereocenters. The van der Waals surface area contributed by atoms with Crippen LogP contribution in [0, 0.1) is 6.92 Å². The highest BCUT2D eigenvalue weighted by atomic mass is 16.5. The van der Waals surface area contributed by atoms with Gasteiger partial charge in [-0.2, -0.15) is 0 Å². The third kappa shape index (κ3) is 6.97. The van der Waals surface area contributed by atoms with Gasteiger partial charge in [0.25, 0.3) is 0 Å². The van der Waals surface area contributed by atoms with E-state index < -0.39 is 23.0 Å². The molecule has 0 unspecified atom stereocenters. The van der Waals surface area contributed by atoms with Gasteiger partial charge < -0.3 is 20.0 Å². The molecule has 1 amide bonds. The minimum atomic E-state index is -0.646. The Labute approximate surface area is 171 Å². The van der Waals surface area contributed by atoms with Crippen molar-refractivity contribution in [2.75, 3.05) is 6.61 Å². The van der Waals surface area contributed by atoms with Crippen LogP contribution in [0.25, 0.3) is 0 Å². The van der Waals surface area contributed by atoms with Crippen LogP contribution >= 0.6 is 0 Å². The van der Waals surface area contributed by atoms with Gasteiger partial charge in [0.15, 0.2) is 5.76 Å². The molecular weight excluding hydrogens is 370 g/mol. The molecule has 6 nitrogen and oxygen atoms in total. The molecule has 158 valence electrons. The fraction of sp³-hybridized carbons (Fsp3) is 0.478. The number of carbonyl (C=O) groups excluding carboxylic acids is 1. The Morgan fingerprint density at radius 1 is 1.14 bits per heavy atom. The largest absolute Gasteiger partial charge is 0.502 e. The monoisotopic (exact) mass is 401 g/mol. The van der Waals surface area contributed by atoms with E-state index in [0.717, 1.165) is 18.6 Å². The lowest BCUT2D eigenvalue weighted by molar-refractivity contribution is -0.118. The molecule has 0 bridgehead atoms. The van der Waals surface area contributed by atoms with Crippen LogP contribution in [0.3, 0.4) is 0 Å². The molecule has 2 rings (SSSR count). The second-order valence-electron chi connectivity index (χ2n) is 7.34. The lowest BCUT2D eigenvalue weighted by Crippen LogP contribution is -2.17. The van der Waals surface area contributed by atoms with Crippen molar-refractivity contribution in [1.29, 1.82) is 0 Å². The SMILES string of the molecule is CCCCCCCCOc1ccc([C@H](CC(N)=O)c2oc(C)cc(=O)c2O)cc1. The van der Waals surface area contributed by atoms with Gasteiger partial charge in [-0.25, -0.2) is 0 Å². The highest BCUT2D eigenvalue weighted by molar-refractivity contribution is 5.75. The van der Waals surface area contributed by atoms with Gasteiger partial charge in [0, 0.05) is 12.5 Å². The molecule has 0 fully saturated rings. The summed E-state index contributed by atoms with van der Waals surface area (Å²) in [5, 5.41) is 10.2. The van der Waals surface area contributed by atoms with Crippen molar-refractivity contribution in [3.8, 4) is 11.5 Å². The summed E-state index contributed by atoms with van der Waals surface area (Å²) in [5.41, 5.74) is 5.55. The van der Waals surface area contributed by atoms with Crippen molar-refractivity contribution in [1.82, 2.24) is 0 Å². The van der Waals surface area contributed by atoms with Crippen LogP contribution in [0.1, 0.15) is 74.9 Å². The molecule has 1 aromatic heterocycles. The zero-order chi connectivity index (χ0) is 21.2. The second-order valence-corrected chi connectivity index (χ2v) is 7.34. The summed E-state index contributed by atoms with van der Waals surface area (Å²) in [4.78, 5) is 23.5. The van der Waals surface area contributed by atoms with Gasteiger partial charge in [-0.3, -0.25) is 9.59 Å². The van der Waals surface area contributed by atoms with Crippen molar-refractivity contribution >= 4 is 5.91 Å². The molecule has 3 N–H and O–H groups in total. The average molecular weight is 402 g/mol. The van der Waals surface area contributed by atoms with Crippen LogP contribution in [0.5, 0.6) is 11.5 Å². The second kappa shape index (κ2) is 11.3. The zero-order valence-electron chi connectivity index (χ0n) is 17.3. The number of ether oxygens (including phenoxy) is 1. The molecule has 6 heteroatoms. The lowest BCUT2D eigenvalue weighted by Gasteiger charge is -2.17. The fourth-order valence-corrected chi connectivity index (χ4v) is 3.29. The Morgan fingerprint density at radius 2 is 1.79 bits per heavy atom. The molecule has 29 heavy (non-hydrogen) atoms. The number of amides is 1. The Hall–Kier alpha value is -2.76. The van der Waals surface area contributed by atoms with Crippen molar-refractivity contribution in [2.45, 2.75) is 64.7 Å². The summed E-state index contributed by atoms with van der Waals surface area (Å²) in [7, 11) is 0. The summed E-state index contributed by atoms with van der Waals surface area (Å²) in [6.45, 7) is 4.48. The van der Waals surface area contributed by atoms with Crippen LogP contribution in [-0.2, 0) is 4.79 Å². The summed E-state index contributed by atoms with van der Waals surface area (Å²) in [6.07, 6.45) is 7.11. The summed E-state index contributed by atoms with van der Waals surface area (Å²) >= 11 is 0. The van der Waals surface area contributed by atoms with E-state index in [1.807, 2.05) is 12.1 Å². The Balaban J connectivity index is 2.06. The molecule has 0 aliphatic carbocycles. The molecule has 2 aromatic rings. The molecule has 0 spiro atoms. The van der Waals surface area contributed by atoms with Gasteiger partial charge in [0.2, 0.25) is 17.1 Å². The van der Waals surface area contributed by atoms with E-state index in [9.17, 15) is 14.7 Å². The summed E-state index contributed by atoms with van der Waals surface area (Å²) < 4.78 is 11.3. The minimum absolute atomic E-state index is 0.0505. The lowest BCUT2D eigenvalue weighted by atomic mass is 9.92. The van der Waals surface area contributed by atoms with Gasteiger partial charge >= 0.3 is 0 Å². The van der Waals surface area contributed by atoms with Crippen molar-refractivity contribution in [3.63, 3.8) is 0 Å². The highest BCUT2D eigenvalue weighted by Crippen LogP contribution is 2.33. The van der Waals surface area contributed by atoms with E-state index in [0.29, 0.717) is 17.9 Å². The maximum absolute atomic E-state index is 11.9. The molecule has 1 heterocycles. The molecule has 0 radical (unpaired) electrons. The van der Waals surface area contributed by atoms with Crippen molar-refractivity contribution < 1.29 is 19.1 Å². The van der Waals surface area contributed by atoms with E-state index in [4.69, 9.17) is 14.9 Å². The number of aromatic hydroxyl groups is 1. The molecule has 0 saturated carbocycles. The fourth-order valence-electron chi connectivity index (χ4n) is 3.29. The predicted molar refractivity (Wildman–Crippen MR) is 112 cm³/mol. The number of rotatable bonds is 12. The number of aryl methyl sites for hydroxylation is 1. The van der Waals surface area contributed by atoms with E-state index in [-0.39, 0.29) is 12.2 Å². The number of benzene rings is 1. The van der Waals surface area contributed by atoms with Gasteiger partial charge in [-0.15, -0.1) is 0 Å². The predicted octanol–water partition coefficient (Wildman–Crippen LogP) is 4.40. The van der Waals surface area contributed by atoms with Crippen molar-refractivity contribution in [2.24, 2.45) is 5.73 Å². The number of nitrogens with two attached hydrogens (primary N) is 1. The standard InChI is InChI=1S/C23H31NO5/c1-3-4-5-6-7-8-13-28-18-11-9-17(10-12-18)19(15-21(24)26)23-22(27)20(25)14-16(2)29-23/h9-12,14,19,27H,3-8,13,15H2,1-2H3,(H2,24,26)/t19-/m0/s1. The number of primary amides is 1. The third-order valence-corrected chi connectivity index (χ3v) is 4.84. The smallest absolute Gasteiger partial charge is 0.227 e. The number of carbonyl (C=O) groups is 1. The molecule has 0 aliphatic heterocycles. The first kappa shape index (κ1) is 22.5. The van der Waals surface area contributed by atoms with Gasteiger partial charge in [-0.1, -0.05) is 51.2 Å². The highest BCUT2D eigenvalue weighted by Gasteiger charge is 2.25. The zero-order valence-corrected chi connectivity index (χ0v) is 17.3. The van der Waals surface area contributed by atoms with E-state index >= 15 is 0 Å². The maximum Gasteiger partial charge on any atom is 0.227 e. The Bertz CT molecular complexity index is 841. The van der Waals surface area contributed by atoms with Gasteiger partial charge in [0.05, 0.1) is 12.5 Å². The topological polar surface area (TPSA) is 103 Å². The van der Waals surface area contributed by atoms with E-state index in [2.05, 4.69) is 6.92 Å². The van der Waals surface area contributed by atoms with Crippen LogP contribution in [0.4, 0.5) is 0 Å². The molecule has 0 saturated heterocycles. The van der Waals surface area contributed by atoms with Crippen LogP contribution < -0.4 is 15.9 Å². The van der Waals surface area contributed by atoms with Gasteiger partial charge in [-0.05, 0) is 31.0 Å². The quantitative estimate of drug-likeness (QED) is 0.513. The third-order valence-electron chi connectivity index (χ3n) is 4.84. The normalized spacial score (nSPS) is 11.9. The molecule has 0 aliphatic rings. The first-order valence-corrected chi connectivity index (χ1v) is 10.3. The number of hydrogen-bond acceptors (Lipinski definition) is 5. The van der Waals surface area contributed by atoms with E-state index in [1.54, 1.807) is 19.1 Å². The first-order chi connectivity index (χ1) is 13.9. The summed E-state index contributed by atoms with van der Waals surface area (Å²) in [6, 6.07) is 8.42. The van der Waals surface area contributed by atoms with Crippen LogP contribution in [-0.4, -0.2) is 17.6 Å². The van der Waals surface area contributed by atoms with Crippen molar-refractivity contribution in [3.05, 3.63) is 57.6 Å². The minimum Gasteiger partial charge on any atom is -0.502 e. The van der Waals surface area contributed by atoms with Gasteiger partial charge in [0.1, 0.15) is 11.5 Å². The average Bonchev–Trinajstić information content (AvgIpc) is 2.69. The number of hydrogen-bond donors (Lipinski definition) is 2. The van der Waals surface area contributed by atoms with Crippen LogP contribution in [0.15, 0.2) is 39.5 Å². The van der Waals surface area contributed by atoms with E-state index in [1.165, 1.54) is 31.7 Å². The van der Waals surface area contributed by atoms with Crippen LogP contribution in [0.2, 0.25) is 0 Å². The first-order valence-electron chi connectivity index (χ1n) is 10.3. The molecule has 1 aromatic carbocycles. The maximum atomic E-state index is 11.9. The molecular formula is C23H31NO5. The Morgan fingerprint density at radius 3 is 2.45 bits per heavy atom. The Kier molecular flexibility index (Phi) is 8.77. The number of unbranched alkanes of at least 4 members (excludes halogenated alkanes) is 5. The summed E-state index contributed by atoms with van der Waals surface area (Å²) in [5.74, 6) is -0.555.